The Hall–Kier alpha value is -0.570. The Morgan fingerprint density at radius 3 is 1.48 bits per heavy atom. The molecule has 1 saturated carbocycles. The first-order valence-electron chi connectivity index (χ1n) is 11.1. The van der Waals surface area contributed by atoms with Gasteiger partial charge in [0.15, 0.2) is 0 Å². The molecule has 1 aliphatic carbocycles. The molecule has 0 saturated heterocycles. The highest BCUT2D eigenvalue weighted by molar-refractivity contribution is 5.82. The van der Waals surface area contributed by atoms with Crippen LogP contribution >= 0.6 is 0 Å². The SMILES string of the molecule is CCCCCCCCCCCCCCCCCCC1CC1(N)C(=O)O. The summed E-state index contributed by atoms with van der Waals surface area (Å²) in [7, 11) is 0. The molecule has 0 radical (unpaired) electrons. The van der Waals surface area contributed by atoms with Gasteiger partial charge in [-0.25, -0.2) is 0 Å². The molecule has 0 aromatic heterocycles. The minimum absolute atomic E-state index is 0.233. The molecule has 3 N–H and O–H groups in total. The Morgan fingerprint density at radius 1 is 0.800 bits per heavy atom. The van der Waals surface area contributed by atoms with Gasteiger partial charge < -0.3 is 10.8 Å². The van der Waals surface area contributed by atoms with Crippen LogP contribution in [0, 0.1) is 5.92 Å². The first-order chi connectivity index (χ1) is 12.1. The summed E-state index contributed by atoms with van der Waals surface area (Å²) in [5.41, 5.74) is 4.92. The summed E-state index contributed by atoms with van der Waals surface area (Å²) in [6.45, 7) is 2.28. The van der Waals surface area contributed by atoms with Crippen LogP contribution in [0.25, 0.3) is 0 Å². The number of nitrogens with two attached hydrogens (primary N) is 1. The summed E-state index contributed by atoms with van der Waals surface area (Å²) in [5, 5.41) is 8.99. The number of hydrogen-bond donors (Lipinski definition) is 2. The molecule has 1 rings (SSSR count). The Bertz CT molecular complexity index is 345. The molecule has 0 bridgehead atoms. The van der Waals surface area contributed by atoms with Crippen molar-refractivity contribution in [3.8, 4) is 0 Å². The van der Waals surface area contributed by atoms with Crippen LogP contribution in [-0.4, -0.2) is 16.6 Å². The van der Waals surface area contributed by atoms with Crippen molar-refractivity contribution in [1.82, 2.24) is 0 Å². The molecule has 3 nitrogen and oxygen atoms in total. The van der Waals surface area contributed by atoms with Crippen molar-refractivity contribution in [2.45, 2.75) is 128 Å². The molecule has 0 spiro atoms. The lowest BCUT2D eigenvalue weighted by atomic mass is 10.0. The van der Waals surface area contributed by atoms with Crippen molar-refractivity contribution < 1.29 is 9.90 Å². The fourth-order valence-corrected chi connectivity index (χ4v) is 3.91. The van der Waals surface area contributed by atoms with E-state index in [0.717, 1.165) is 12.8 Å². The number of carboxylic acids is 1. The summed E-state index contributed by atoms with van der Waals surface area (Å²) in [5.74, 6) is -0.578. The maximum Gasteiger partial charge on any atom is 0.323 e. The van der Waals surface area contributed by atoms with Gasteiger partial charge in [0.1, 0.15) is 5.54 Å². The first-order valence-corrected chi connectivity index (χ1v) is 11.1. The highest BCUT2D eigenvalue weighted by Gasteiger charge is 2.56. The normalized spacial score (nSPS) is 22.2. The van der Waals surface area contributed by atoms with E-state index < -0.39 is 11.5 Å². The average Bonchev–Trinajstić information content (AvgIpc) is 3.26. The number of carbonyl (C=O) groups is 1. The Labute approximate surface area is 156 Å². The quantitative estimate of drug-likeness (QED) is 0.279. The number of hydrogen-bond acceptors (Lipinski definition) is 2. The molecule has 25 heavy (non-hydrogen) atoms. The molecular weight excluding hydrogens is 310 g/mol. The van der Waals surface area contributed by atoms with Gasteiger partial charge in [0.05, 0.1) is 0 Å². The van der Waals surface area contributed by atoms with E-state index in [2.05, 4.69) is 6.92 Å². The number of unbranched alkanes of at least 4 members (excludes halogenated alkanes) is 15. The monoisotopic (exact) mass is 353 g/mol. The maximum absolute atomic E-state index is 10.9. The molecule has 0 aromatic carbocycles. The maximum atomic E-state index is 10.9. The smallest absolute Gasteiger partial charge is 0.323 e. The van der Waals surface area contributed by atoms with Crippen LogP contribution in [0.2, 0.25) is 0 Å². The molecule has 0 heterocycles. The van der Waals surface area contributed by atoms with E-state index in [-0.39, 0.29) is 5.92 Å². The number of aliphatic carboxylic acids is 1. The van der Waals surface area contributed by atoms with Gasteiger partial charge in [0.25, 0.3) is 0 Å². The number of carboxylic acid groups (broad SMARTS) is 1. The summed E-state index contributed by atoms with van der Waals surface area (Å²) in [4.78, 5) is 10.9. The lowest BCUT2D eigenvalue weighted by Gasteiger charge is -2.05. The molecule has 3 heteroatoms. The van der Waals surface area contributed by atoms with Gasteiger partial charge in [0, 0.05) is 0 Å². The molecule has 2 unspecified atom stereocenters. The third-order valence-electron chi connectivity index (χ3n) is 5.96. The van der Waals surface area contributed by atoms with Crippen molar-refractivity contribution in [3.05, 3.63) is 0 Å². The van der Waals surface area contributed by atoms with Gasteiger partial charge in [-0.3, -0.25) is 4.79 Å². The summed E-state index contributed by atoms with van der Waals surface area (Å²) < 4.78 is 0. The van der Waals surface area contributed by atoms with Gasteiger partial charge >= 0.3 is 5.97 Å². The van der Waals surface area contributed by atoms with Crippen LogP contribution in [0.15, 0.2) is 0 Å². The van der Waals surface area contributed by atoms with Crippen molar-refractivity contribution in [2.24, 2.45) is 11.7 Å². The highest BCUT2D eigenvalue weighted by atomic mass is 16.4. The van der Waals surface area contributed by atoms with Gasteiger partial charge in [-0.1, -0.05) is 110 Å². The van der Waals surface area contributed by atoms with Crippen molar-refractivity contribution in [2.75, 3.05) is 0 Å². The van der Waals surface area contributed by atoms with Crippen LogP contribution in [-0.2, 0) is 4.79 Å². The fraction of sp³-hybridized carbons (Fsp3) is 0.955. The van der Waals surface area contributed by atoms with E-state index in [4.69, 9.17) is 10.8 Å². The standard InChI is InChI=1S/C22H43NO2/c1-2-3-4-5-6-7-8-9-10-11-12-13-14-15-16-17-18-20-19-22(20,23)21(24)25/h20H,2-19,23H2,1H3,(H,24,25). The Kier molecular flexibility index (Phi) is 12.2. The topological polar surface area (TPSA) is 63.3 Å². The minimum atomic E-state index is -0.879. The van der Waals surface area contributed by atoms with Crippen LogP contribution in [0.5, 0.6) is 0 Å². The molecule has 0 aromatic rings. The highest BCUT2D eigenvalue weighted by Crippen LogP contribution is 2.44. The second-order valence-electron chi connectivity index (χ2n) is 8.34. The van der Waals surface area contributed by atoms with Gasteiger partial charge in [-0.05, 0) is 18.8 Å². The average molecular weight is 354 g/mol. The zero-order valence-electron chi connectivity index (χ0n) is 16.7. The molecular formula is C22H43NO2. The summed E-state index contributed by atoms with van der Waals surface area (Å²) in [6, 6.07) is 0. The van der Waals surface area contributed by atoms with E-state index in [1.165, 1.54) is 96.3 Å². The second kappa shape index (κ2) is 13.6. The van der Waals surface area contributed by atoms with Crippen LogP contribution in [0.4, 0.5) is 0 Å². The molecule has 0 amide bonds. The van der Waals surface area contributed by atoms with Crippen molar-refractivity contribution in [3.63, 3.8) is 0 Å². The van der Waals surface area contributed by atoms with E-state index in [0.29, 0.717) is 6.42 Å². The lowest BCUT2D eigenvalue weighted by Crippen LogP contribution is -2.35. The van der Waals surface area contributed by atoms with Gasteiger partial charge in [-0.15, -0.1) is 0 Å². The summed E-state index contributed by atoms with van der Waals surface area (Å²) in [6.07, 6.45) is 23.7. The first kappa shape index (κ1) is 22.5. The third kappa shape index (κ3) is 10.2. The Morgan fingerprint density at radius 2 is 1.16 bits per heavy atom. The molecule has 2 atom stereocenters. The largest absolute Gasteiger partial charge is 0.480 e. The molecule has 1 aliphatic rings. The van der Waals surface area contributed by atoms with E-state index >= 15 is 0 Å². The van der Waals surface area contributed by atoms with E-state index in [9.17, 15) is 4.79 Å². The zero-order valence-corrected chi connectivity index (χ0v) is 16.7. The lowest BCUT2D eigenvalue weighted by molar-refractivity contribution is -0.140. The third-order valence-corrected chi connectivity index (χ3v) is 5.96. The predicted molar refractivity (Wildman–Crippen MR) is 107 cm³/mol. The molecule has 1 fully saturated rings. The van der Waals surface area contributed by atoms with Crippen molar-refractivity contribution in [1.29, 1.82) is 0 Å². The molecule has 0 aliphatic heterocycles. The van der Waals surface area contributed by atoms with Crippen LogP contribution < -0.4 is 5.73 Å². The predicted octanol–water partition coefficient (Wildman–Crippen LogP) is 6.44. The van der Waals surface area contributed by atoms with E-state index in [1.807, 2.05) is 0 Å². The van der Waals surface area contributed by atoms with Crippen LogP contribution in [0.3, 0.4) is 0 Å². The zero-order chi connectivity index (χ0) is 18.4. The van der Waals surface area contributed by atoms with E-state index in [1.54, 1.807) is 0 Å². The number of rotatable bonds is 18. The molecule has 148 valence electrons. The van der Waals surface area contributed by atoms with Gasteiger partial charge in [-0.2, -0.15) is 0 Å². The minimum Gasteiger partial charge on any atom is -0.480 e. The fourth-order valence-electron chi connectivity index (χ4n) is 3.91. The van der Waals surface area contributed by atoms with Crippen LogP contribution in [0.1, 0.15) is 122 Å². The second-order valence-corrected chi connectivity index (χ2v) is 8.34. The van der Waals surface area contributed by atoms with Crippen molar-refractivity contribution >= 4 is 5.97 Å². The summed E-state index contributed by atoms with van der Waals surface area (Å²) >= 11 is 0. The Balaban J connectivity index is 1.71. The van der Waals surface area contributed by atoms with Gasteiger partial charge in [0.2, 0.25) is 0 Å².